The van der Waals surface area contributed by atoms with Gasteiger partial charge < -0.3 is 9.64 Å². The molecule has 2 aromatic rings. The molecule has 0 N–H and O–H groups in total. The molecule has 0 aromatic carbocycles. The van der Waals surface area contributed by atoms with Gasteiger partial charge in [-0.3, -0.25) is 4.79 Å². The lowest BCUT2D eigenvalue weighted by molar-refractivity contribution is -0.142. The smallest absolute Gasteiger partial charge is 0.223 e. The number of amides is 1. The first-order valence-corrected chi connectivity index (χ1v) is 9.60. The highest BCUT2D eigenvalue weighted by Gasteiger charge is 2.25. The van der Waals surface area contributed by atoms with Crippen LogP contribution in [0.4, 0.5) is 0 Å². The summed E-state index contributed by atoms with van der Waals surface area (Å²) in [5, 5.41) is 2.07. The predicted molar refractivity (Wildman–Crippen MR) is 94.1 cm³/mol. The normalized spacial score (nSPS) is 21.8. The molecule has 0 spiro atoms. The zero-order valence-corrected chi connectivity index (χ0v) is 15.2. The average Bonchev–Trinajstić information content (AvgIpc) is 2.87. The first-order valence-electron chi connectivity index (χ1n) is 7.80. The standard InChI is InChI=1S/C16H21N3O2S2/c1-10-7-19(8-11(2)21-10)14(20)4-5-22-15-13-6-12(3)23-16(13)18-9-17-15/h6,9-11H,4-5,7-8H2,1-3H3. The molecule has 2 atom stereocenters. The molecular formula is C16H21N3O2S2. The minimum atomic E-state index is 0.116. The number of ether oxygens (including phenoxy) is 1. The summed E-state index contributed by atoms with van der Waals surface area (Å²) < 4.78 is 5.68. The number of aromatic nitrogens is 2. The molecule has 1 fully saturated rings. The SMILES string of the molecule is Cc1cc2c(SCCC(=O)N3CC(C)OC(C)C3)ncnc2s1. The zero-order valence-electron chi connectivity index (χ0n) is 13.6. The van der Waals surface area contributed by atoms with E-state index in [9.17, 15) is 4.79 Å². The molecule has 3 heterocycles. The van der Waals surface area contributed by atoms with Crippen LogP contribution in [0.5, 0.6) is 0 Å². The summed E-state index contributed by atoms with van der Waals surface area (Å²) in [6.07, 6.45) is 2.36. The van der Waals surface area contributed by atoms with Gasteiger partial charge in [0, 0.05) is 35.5 Å². The van der Waals surface area contributed by atoms with Gasteiger partial charge in [-0.25, -0.2) is 9.97 Å². The van der Waals surface area contributed by atoms with E-state index in [-0.39, 0.29) is 18.1 Å². The number of nitrogens with zero attached hydrogens (tertiary/aromatic N) is 3. The summed E-state index contributed by atoms with van der Waals surface area (Å²) in [7, 11) is 0. The lowest BCUT2D eigenvalue weighted by Crippen LogP contribution is -2.48. The highest BCUT2D eigenvalue weighted by Crippen LogP contribution is 2.30. The molecule has 0 aliphatic carbocycles. The molecule has 3 rings (SSSR count). The second-order valence-corrected chi connectivity index (χ2v) is 8.23. The van der Waals surface area contributed by atoms with Gasteiger partial charge in [-0.1, -0.05) is 0 Å². The van der Waals surface area contributed by atoms with E-state index in [0.29, 0.717) is 19.5 Å². The maximum absolute atomic E-state index is 12.4. The van der Waals surface area contributed by atoms with E-state index in [4.69, 9.17) is 4.74 Å². The van der Waals surface area contributed by atoms with Crippen LogP contribution in [-0.4, -0.2) is 51.8 Å². The Morgan fingerprint density at radius 2 is 2.13 bits per heavy atom. The van der Waals surface area contributed by atoms with Gasteiger partial charge in [-0.2, -0.15) is 0 Å². The first-order chi connectivity index (χ1) is 11.0. The average molecular weight is 351 g/mol. The molecule has 124 valence electrons. The van der Waals surface area contributed by atoms with Gasteiger partial charge in [0.15, 0.2) is 0 Å². The molecule has 0 bridgehead atoms. The van der Waals surface area contributed by atoms with Crippen molar-refractivity contribution in [2.45, 2.75) is 44.4 Å². The molecule has 0 radical (unpaired) electrons. The van der Waals surface area contributed by atoms with Crippen molar-refractivity contribution < 1.29 is 9.53 Å². The van der Waals surface area contributed by atoms with Crippen LogP contribution in [0.3, 0.4) is 0 Å². The third-order valence-corrected chi connectivity index (χ3v) is 5.71. The Morgan fingerprint density at radius 1 is 1.39 bits per heavy atom. The van der Waals surface area contributed by atoms with Gasteiger partial charge in [-0.15, -0.1) is 23.1 Å². The highest BCUT2D eigenvalue weighted by molar-refractivity contribution is 7.99. The quantitative estimate of drug-likeness (QED) is 0.626. The van der Waals surface area contributed by atoms with Gasteiger partial charge in [0.05, 0.1) is 12.2 Å². The van der Waals surface area contributed by atoms with Crippen molar-refractivity contribution in [1.29, 1.82) is 0 Å². The van der Waals surface area contributed by atoms with Crippen molar-refractivity contribution >= 4 is 39.2 Å². The molecule has 1 aliphatic heterocycles. The summed E-state index contributed by atoms with van der Waals surface area (Å²) >= 11 is 3.31. The van der Waals surface area contributed by atoms with Crippen LogP contribution < -0.4 is 0 Å². The molecule has 0 saturated carbocycles. The lowest BCUT2D eigenvalue weighted by Gasteiger charge is -2.35. The Hall–Kier alpha value is -1.18. The van der Waals surface area contributed by atoms with Crippen molar-refractivity contribution in [1.82, 2.24) is 14.9 Å². The Kier molecular flexibility index (Phi) is 5.18. The molecule has 5 nitrogen and oxygen atoms in total. The van der Waals surface area contributed by atoms with E-state index in [0.717, 1.165) is 21.0 Å². The van der Waals surface area contributed by atoms with Crippen LogP contribution in [0, 0.1) is 6.92 Å². The molecule has 2 aromatic heterocycles. The van der Waals surface area contributed by atoms with Crippen LogP contribution in [0.25, 0.3) is 10.2 Å². The number of hydrogen-bond acceptors (Lipinski definition) is 6. The number of carbonyl (C=O) groups is 1. The molecule has 1 amide bonds. The Morgan fingerprint density at radius 3 is 2.87 bits per heavy atom. The zero-order chi connectivity index (χ0) is 16.4. The van der Waals surface area contributed by atoms with Crippen LogP contribution >= 0.6 is 23.1 Å². The van der Waals surface area contributed by atoms with E-state index in [2.05, 4.69) is 23.0 Å². The Balaban J connectivity index is 1.57. The van der Waals surface area contributed by atoms with Crippen LogP contribution in [0.2, 0.25) is 0 Å². The van der Waals surface area contributed by atoms with Gasteiger partial charge >= 0.3 is 0 Å². The highest BCUT2D eigenvalue weighted by atomic mass is 32.2. The maximum atomic E-state index is 12.4. The van der Waals surface area contributed by atoms with Crippen molar-refractivity contribution in [3.8, 4) is 0 Å². The van der Waals surface area contributed by atoms with Crippen molar-refractivity contribution in [2.75, 3.05) is 18.8 Å². The van der Waals surface area contributed by atoms with Crippen molar-refractivity contribution in [3.63, 3.8) is 0 Å². The first kappa shape index (κ1) is 16.7. The number of thiophene rings is 1. The van der Waals surface area contributed by atoms with Gasteiger partial charge in [0.2, 0.25) is 5.91 Å². The molecular weight excluding hydrogens is 330 g/mol. The lowest BCUT2D eigenvalue weighted by atomic mass is 10.2. The fraction of sp³-hybridized carbons (Fsp3) is 0.562. The van der Waals surface area contributed by atoms with Crippen LogP contribution in [-0.2, 0) is 9.53 Å². The summed E-state index contributed by atoms with van der Waals surface area (Å²) in [6, 6.07) is 2.12. The molecule has 7 heteroatoms. The number of carbonyl (C=O) groups excluding carboxylic acids is 1. The second-order valence-electron chi connectivity index (χ2n) is 5.91. The number of morpholine rings is 1. The summed E-state index contributed by atoms with van der Waals surface area (Å²) in [6.45, 7) is 7.48. The predicted octanol–water partition coefficient (Wildman–Crippen LogP) is 3.12. The van der Waals surface area contributed by atoms with E-state index in [1.165, 1.54) is 4.88 Å². The van der Waals surface area contributed by atoms with E-state index in [1.807, 2.05) is 18.7 Å². The fourth-order valence-electron chi connectivity index (χ4n) is 2.84. The number of hydrogen-bond donors (Lipinski definition) is 0. The summed E-state index contributed by atoms with van der Waals surface area (Å²) in [5.41, 5.74) is 0. The second kappa shape index (κ2) is 7.15. The van der Waals surface area contributed by atoms with Crippen molar-refractivity contribution in [2.24, 2.45) is 0 Å². The molecule has 23 heavy (non-hydrogen) atoms. The topological polar surface area (TPSA) is 55.3 Å². The monoisotopic (exact) mass is 351 g/mol. The third-order valence-electron chi connectivity index (χ3n) is 3.74. The van der Waals surface area contributed by atoms with Gasteiger partial charge in [0.1, 0.15) is 16.2 Å². The number of fused-ring (bicyclic) bond motifs is 1. The third kappa shape index (κ3) is 4.02. The molecule has 2 unspecified atom stereocenters. The Bertz CT molecular complexity index is 694. The Labute approximate surface area is 144 Å². The number of aryl methyl sites for hydroxylation is 1. The number of rotatable bonds is 4. The van der Waals surface area contributed by atoms with Crippen LogP contribution in [0.1, 0.15) is 25.1 Å². The minimum Gasteiger partial charge on any atom is -0.372 e. The summed E-state index contributed by atoms with van der Waals surface area (Å²) in [4.78, 5) is 25.2. The van der Waals surface area contributed by atoms with E-state index in [1.54, 1.807) is 29.4 Å². The molecule has 1 aliphatic rings. The largest absolute Gasteiger partial charge is 0.372 e. The maximum Gasteiger partial charge on any atom is 0.223 e. The summed E-state index contributed by atoms with van der Waals surface area (Å²) in [5.74, 6) is 0.936. The van der Waals surface area contributed by atoms with Gasteiger partial charge in [-0.05, 0) is 26.8 Å². The molecule has 1 saturated heterocycles. The van der Waals surface area contributed by atoms with Crippen molar-refractivity contribution in [3.05, 3.63) is 17.3 Å². The minimum absolute atomic E-state index is 0.116. The van der Waals surface area contributed by atoms with Crippen LogP contribution in [0.15, 0.2) is 17.4 Å². The number of thioether (sulfide) groups is 1. The van der Waals surface area contributed by atoms with Gasteiger partial charge in [0.25, 0.3) is 0 Å². The van der Waals surface area contributed by atoms with E-state index >= 15 is 0 Å². The fourth-order valence-corrected chi connectivity index (χ4v) is 4.66. The van der Waals surface area contributed by atoms with E-state index < -0.39 is 0 Å².